The highest BCUT2D eigenvalue weighted by molar-refractivity contribution is 4.91. The van der Waals surface area contributed by atoms with E-state index in [-0.39, 0.29) is 0 Å². The van der Waals surface area contributed by atoms with Crippen molar-refractivity contribution in [3.63, 3.8) is 0 Å². The number of piperidine rings is 1. The Morgan fingerprint density at radius 3 is 2.29 bits per heavy atom. The predicted molar refractivity (Wildman–Crippen MR) is 74.2 cm³/mol. The smallest absolute Gasteiger partial charge is 0.0136 e. The first-order valence-corrected chi connectivity index (χ1v) is 7.68. The predicted octanol–water partition coefficient (Wildman–Crippen LogP) is 2.89. The van der Waals surface area contributed by atoms with Crippen molar-refractivity contribution in [2.75, 3.05) is 19.6 Å². The van der Waals surface area contributed by atoms with Crippen LogP contribution >= 0.6 is 0 Å². The third kappa shape index (κ3) is 3.45. The van der Waals surface area contributed by atoms with Crippen molar-refractivity contribution < 1.29 is 0 Å². The summed E-state index contributed by atoms with van der Waals surface area (Å²) >= 11 is 0. The SMILES string of the molecule is CCC1CCN(C2CCC2CNC(C)C)CC1. The van der Waals surface area contributed by atoms with Crippen LogP contribution in [-0.4, -0.2) is 36.6 Å². The number of nitrogens with zero attached hydrogens (tertiary/aromatic N) is 1. The highest BCUT2D eigenvalue weighted by Gasteiger charge is 2.36. The normalized spacial score (nSPS) is 31.8. The second-order valence-corrected chi connectivity index (χ2v) is 6.36. The molecule has 100 valence electrons. The van der Waals surface area contributed by atoms with Gasteiger partial charge in [0.05, 0.1) is 0 Å². The Labute approximate surface area is 107 Å². The monoisotopic (exact) mass is 238 g/mol. The minimum atomic E-state index is 0.641. The van der Waals surface area contributed by atoms with Crippen molar-refractivity contribution in [3.8, 4) is 0 Å². The van der Waals surface area contributed by atoms with E-state index < -0.39 is 0 Å². The van der Waals surface area contributed by atoms with Crippen molar-refractivity contribution in [1.82, 2.24) is 10.2 Å². The molecule has 0 bridgehead atoms. The number of hydrogen-bond acceptors (Lipinski definition) is 2. The van der Waals surface area contributed by atoms with E-state index in [4.69, 9.17) is 0 Å². The summed E-state index contributed by atoms with van der Waals surface area (Å²) in [5, 5.41) is 3.61. The summed E-state index contributed by atoms with van der Waals surface area (Å²) in [6.07, 6.45) is 7.16. The average molecular weight is 238 g/mol. The molecule has 2 fully saturated rings. The van der Waals surface area contributed by atoms with Crippen molar-refractivity contribution in [2.45, 2.75) is 65.0 Å². The summed E-state index contributed by atoms with van der Waals surface area (Å²) in [5.74, 6) is 1.94. The molecule has 0 amide bonds. The van der Waals surface area contributed by atoms with Crippen LogP contribution < -0.4 is 5.32 Å². The van der Waals surface area contributed by atoms with Crippen molar-refractivity contribution in [2.24, 2.45) is 11.8 Å². The summed E-state index contributed by atoms with van der Waals surface area (Å²) in [7, 11) is 0. The summed E-state index contributed by atoms with van der Waals surface area (Å²) in [6.45, 7) is 10.8. The van der Waals surface area contributed by atoms with E-state index in [1.165, 1.54) is 51.7 Å². The number of likely N-dealkylation sites (tertiary alicyclic amines) is 1. The molecule has 1 heterocycles. The van der Waals surface area contributed by atoms with Gasteiger partial charge in [0, 0.05) is 12.1 Å². The molecular formula is C15H30N2. The number of hydrogen-bond donors (Lipinski definition) is 1. The molecule has 1 saturated carbocycles. The Hall–Kier alpha value is -0.0800. The quantitative estimate of drug-likeness (QED) is 0.792. The van der Waals surface area contributed by atoms with Crippen LogP contribution in [0.1, 0.15) is 52.9 Å². The van der Waals surface area contributed by atoms with Gasteiger partial charge >= 0.3 is 0 Å². The molecule has 2 rings (SSSR count). The van der Waals surface area contributed by atoms with Crippen LogP contribution in [0.3, 0.4) is 0 Å². The molecule has 0 spiro atoms. The topological polar surface area (TPSA) is 15.3 Å². The van der Waals surface area contributed by atoms with E-state index in [0.717, 1.165) is 17.9 Å². The van der Waals surface area contributed by atoms with Gasteiger partial charge in [-0.15, -0.1) is 0 Å². The molecule has 2 heteroatoms. The molecule has 2 unspecified atom stereocenters. The Morgan fingerprint density at radius 1 is 1.12 bits per heavy atom. The van der Waals surface area contributed by atoms with E-state index in [0.29, 0.717) is 6.04 Å². The van der Waals surface area contributed by atoms with Crippen LogP contribution in [0.15, 0.2) is 0 Å². The van der Waals surface area contributed by atoms with Gasteiger partial charge in [0.1, 0.15) is 0 Å². The first kappa shape index (κ1) is 13.4. The highest BCUT2D eigenvalue weighted by atomic mass is 15.2. The Kier molecular flexibility index (Phi) is 4.87. The van der Waals surface area contributed by atoms with Crippen molar-refractivity contribution >= 4 is 0 Å². The zero-order chi connectivity index (χ0) is 12.3. The van der Waals surface area contributed by atoms with E-state index >= 15 is 0 Å². The zero-order valence-electron chi connectivity index (χ0n) is 11.9. The van der Waals surface area contributed by atoms with Gasteiger partial charge in [0.15, 0.2) is 0 Å². The molecule has 2 nitrogen and oxygen atoms in total. The Morgan fingerprint density at radius 2 is 1.82 bits per heavy atom. The van der Waals surface area contributed by atoms with Gasteiger partial charge in [0.2, 0.25) is 0 Å². The molecule has 1 saturated heterocycles. The maximum Gasteiger partial charge on any atom is 0.0136 e. The van der Waals surface area contributed by atoms with Gasteiger partial charge in [-0.25, -0.2) is 0 Å². The molecule has 1 N–H and O–H groups in total. The van der Waals surface area contributed by atoms with Gasteiger partial charge < -0.3 is 10.2 Å². The van der Waals surface area contributed by atoms with Crippen LogP contribution in [-0.2, 0) is 0 Å². The van der Waals surface area contributed by atoms with Crippen LogP contribution in [0.5, 0.6) is 0 Å². The van der Waals surface area contributed by atoms with Crippen LogP contribution in [0, 0.1) is 11.8 Å². The highest BCUT2D eigenvalue weighted by Crippen LogP contribution is 2.34. The fourth-order valence-corrected chi connectivity index (χ4v) is 3.35. The van der Waals surface area contributed by atoms with E-state index in [9.17, 15) is 0 Å². The average Bonchev–Trinajstić information content (AvgIpc) is 2.28. The van der Waals surface area contributed by atoms with Crippen LogP contribution in [0.25, 0.3) is 0 Å². The maximum absolute atomic E-state index is 3.61. The number of nitrogens with one attached hydrogen (secondary N) is 1. The first-order valence-electron chi connectivity index (χ1n) is 7.68. The maximum atomic E-state index is 3.61. The van der Waals surface area contributed by atoms with Gasteiger partial charge in [-0.05, 0) is 57.2 Å². The lowest BCUT2D eigenvalue weighted by Gasteiger charge is -2.47. The lowest BCUT2D eigenvalue weighted by atomic mass is 9.77. The lowest BCUT2D eigenvalue weighted by molar-refractivity contribution is 0.0332. The third-order valence-electron chi connectivity index (χ3n) is 4.86. The second-order valence-electron chi connectivity index (χ2n) is 6.36. The van der Waals surface area contributed by atoms with Gasteiger partial charge in [-0.1, -0.05) is 27.2 Å². The largest absolute Gasteiger partial charge is 0.314 e. The summed E-state index contributed by atoms with van der Waals surface area (Å²) < 4.78 is 0. The van der Waals surface area contributed by atoms with Gasteiger partial charge in [-0.2, -0.15) is 0 Å². The van der Waals surface area contributed by atoms with Crippen LogP contribution in [0.4, 0.5) is 0 Å². The van der Waals surface area contributed by atoms with E-state index in [1.807, 2.05) is 0 Å². The summed E-state index contributed by atoms with van der Waals surface area (Å²) in [6, 6.07) is 1.54. The van der Waals surface area contributed by atoms with Crippen LogP contribution in [0.2, 0.25) is 0 Å². The molecule has 2 aliphatic rings. The fourth-order valence-electron chi connectivity index (χ4n) is 3.35. The molecule has 1 aliphatic carbocycles. The molecule has 2 atom stereocenters. The first-order chi connectivity index (χ1) is 8.20. The standard InChI is InChI=1S/C15H30N2/c1-4-13-7-9-17(10-8-13)15-6-5-14(15)11-16-12(2)3/h12-16H,4-11H2,1-3H3. The minimum absolute atomic E-state index is 0.641. The molecule has 0 aromatic carbocycles. The van der Waals surface area contributed by atoms with Crippen molar-refractivity contribution in [3.05, 3.63) is 0 Å². The second kappa shape index (κ2) is 6.19. The van der Waals surface area contributed by atoms with E-state index in [1.54, 1.807) is 0 Å². The zero-order valence-corrected chi connectivity index (χ0v) is 11.9. The fraction of sp³-hybridized carbons (Fsp3) is 1.00. The Balaban J connectivity index is 1.72. The minimum Gasteiger partial charge on any atom is -0.314 e. The van der Waals surface area contributed by atoms with E-state index in [2.05, 4.69) is 31.0 Å². The third-order valence-corrected chi connectivity index (χ3v) is 4.86. The van der Waals surface area contributed by atoms with Gasteiger partial charge in [0.25, 0.3) is 0 Å². The molecule has 1 aliphatic heterocycles. The molecule has 0 aromatic rings. The molecule has 0 aromatic heterocycles. The number of rotatable bonds is 5. The molecular weight excluding hydrogens is 208 g/mol. The Bertz CT molecular complexity index is 219. The molecule has 17 heavy (non-hydrogen) atoms. The van der Waals surface area contributed by atoms with Gasteiger partial charge in [-0.3, -0.25) is 0 Å². The summed E-state index contributed by atoms with van der Waals surface area (Å²) in [5.41, 5.74) is 0. The lowest BCUT2D eigenvalue weighted by Crippen LogP contribution is -2.53. The molecule has 0 radical (unpaired) electrons. The van der Waals surface area contributed by atoms with Crippen molar-refractivity contribution in [1.29, 1.82) is 0 Å². The summed E-state index contributed by atoms with van der Waals surface area (Å²) in [4.78, 5) is 2.78.